The van der Waals surface area contributed by atoms with Crippen molar-refractivity contribution >= 4 is 5.91 Å². The Morgan fingerprint density at radius 2 is 2.05 bits per heavy atom. The minimum absolute atomic E-state index is 0.0259. The second-order valence-electron chi connectivity index (χ2n) is 5.94. The van der Waals surface area contributed by atoms with Gasteiger partial charge in [-0.05, 0) is 37.8 Å². The van der Waals surface area contributed by atoms with Crippen LogP contribution in [0, 0.1) is 19.8 Å². The summed E-state index contributed by atoms with van der Waals surface area (Å²) in [6.45, 7) is 8.48. The zero-order valence-electron chi connectivity index (χ0n) is 13.5. The molecule has 0 radical (unpaired) electrons. The highest BCUT2D eigenvalue weighted by molar-refractivity contribution is 5.76. The Kier molecular flexibility index (Phi) is 7.23. The molecule has 0 aliphatic rings. The van der Waals surface area contributed by atoms with E-state index in [2.05, 4.69) is 25.2 Å². The number of amides is 1. The van der Waals surface area contributed by atoms with Crippen molar-refractivity contribution in [3.8, 4) is 5.75 Å². The van der Waals surface area contributed by atoms with Crippen molar-refractivity contribution in [1.82, 2.24) is 5.32 Å². The van der Waals surface area contributed by atoms with Crippen LogP contribution in [0.4, 0.5) is 0 Å². The van der Waals surface area contributed by atoms with Gasteiger partial charge in [0.15, 0.2) is 0 Å². The molecule has 0 saturated heterocycles. The Hall–Kier alpha value is -1.55. The van der Waals surface area contributed by atoms with E-state index in [1.54, 1.807) is 0 Å². The van der Waals surface area contributed by atoms with E-state index in [1.807, 2.05) is 26.0 Å². The Bertz CT molecular complexity index is 457. The largest absolute Gasteiger partial charge is 0.493 e. The number of aliphatic hydroxyl groups excluding tert-OH is 1. The van der Waals surface area contributed by atoms with Crippen LogP contribution >= 0.6 is 0 Å². The first-order valence-electron chi connectivity index (χ1n) is 7.52. The van der Waals surface area contributed by atoms with Gasteiger partial charge < -0.3 is 15.2 Å². The van der Waals surface area contributed by atoms with Gasteiger partial charge in [0.05, 0.1) is 25.7 Å². The SMILES string of the molecule is Cc1ccc(OCCC(=O)NC(CO)CC(C)C)c(C)c1. The predicted octanol–water partition coefficient (Wildman–Crippen LogP) is 2.60. The lowest BCUT2D eigenvalue weighted by Gasteiger charge is -2.18. The lowest BCUT2D eigenvalue weighted by Crippen LogP contribution is -2.38. The third-order valence-electron chi connectivity index (χ3n) is 3.26. The van der Waals surface area contributed by atoms with E-state index in [9.17, 15) is 9.90 Å². The minimum atomic E-state index is -0.168. The van der Waals surface area contributed by atoms with Crippen LogP contribution in [-0.2, 0) is 4.79 Å². The monoisotopic (exact) mass is 293 g/mol. The summed E-state index contributed by atoms with van der Waals surface area (Å²) in [6.07, 6.45) is 1.07. The van der Waals surface area contributed by atoms with Gasteiger partial charge >= 0.3 is 0 Å². The standard InChI is InChI=1S/C17H27NO3/c1-12(2)9-15(11-19)18-17(20)7-8-21-16-6-5-13(3)10-14(16)4/h5-6,10,12,15,19H,7-9,11H2,1-4H3,(H,18,20). The average Bonchev–Trinajstić information content (AvgIpc) is 2.40. The normalized spacial score (nSPS) is 12.3. The minimum Gasteiger partial charge on any atom is -0.493 e. The van der Waals surface area contributed by atoms with Crippen molar-refractivity contribution in [1.29, 1.82) is 0 Å². The molecule has 0 aliphatic carbocycles. The van der Waals surface area contributed by atoms with Crippen LogP contribution in [0.1, 0.15) is 37.8 Å². The van der Waals surface area contributed by atoms with Gasteiger partial charge in [-0.1, -0.05) is 31.5 Å². The van der Waals surface area contributed by atoms with E-state index >= 15 is 0 Å². The smallest absolute Gasteiger partial charge is 0.223 e. The molecule has 1 rings (SSSR count). The van der Waals surface area contributed by atoms with Crippen LogP contribution in [-0.4, -0.2) is 30.3 Å². The summed E-state index contributed by atoms with van der Waals surface area (Å²) in [4.78, 5) is 11.8. The summed E-state index contributed by atoms with van der Waals surface area (Å²) in [6, 6.07) is 5.81. The molecule has 4 nitrogen and oxygen atoms in total. The summed E-state index contributed by atoms with van der Waals surface area (Å²) < 4.78 is 5.64. The molecule has 1 aromatic carbocycles. The molecule has 118 valence electrons. The molecular weight excluding hydrogens is 266 g/mol. The van der Waals surface area contributed by atoms with Crippen molar-refractivity contribution in [3.63, 3.8) is 0 Å². The first-order valence-corrected chi connectivity index (χ1v) is 7.52. The van der Waals surface area contributed by atoms with E-state index in [4.69, 9.17) is 4.74 Å². The van der Waals surface area contributed by atoms with Crippen LogP contribution in [0.5, 0.6) is 5.75 Å². The topological polar surface area (TPSA) is 58.6 Å². The second kappa shape index (κ2) is 8.67. The molecule has 0 bridgehead atoms. The lowest BCUT2D eigenvalue weighted by molar-refractivity contribution is -0.122. The van der Waals surface area contributed by atoms with Crippen molar-refractivity contribution in [2.75, 3.05) is 13.2 Å². The number of rotatable bonds is 8. The fourth-order valence-corrected chi connectivity index (χ4v) is 2.26. The molecule has 0 aromatic heterocycles. The number of ether oxygens (including phenoxy) is 1. The Morgan fingerprint density at radius 1 is 1.33 bits per heavy atom. The molecule has 0 spiro atoms. The molecular formula is C17H27NO3. The summed E-state index contributed by atoms with van der Waals surface area (Å²) in [5, 5.41) is 12.1. The highest BCUT2D eigenvalue weighted by Gasteiger charge is 2.13. The average molecular weight is 293 g/mol. The predicted molar refractivity (Wildman–Crippen MR) is 84.5 cm³/mol. The van der Waals surface area contributed by atoms with Crippen LogP contribution < -0.4 is 10.1 Å². The van der Waals surface area contributed by atoms with Crippen LogP contribution in [0.15, 0.2) is 18.2 Å². The molecule has 1 aromatic rings. The van der Waals surface area contributed by atoms with E-state index in [0.29, 0.717) is 18.9 Å². The maximum Gasteiger partial charge on any atom is 0.223 e. The van der Waals surface area contributed by atoms with Gasteiger partial charge in [0, 0.05) is 0 Å². The number of carbonyl (C=O) groups is 1. The highest BCUT2D eigenvalue weighted by atomic mass is 16.5. The third kappa shape index (κ3) is 6.63. The Morgan fingerprint density at radius 3 is 2.62 bits per heavy atom. The second-order valence-corrected chi connectivity index (χ2v) is 5.94. The summed E-state index contributed by atoms with van der Waals surface area (Å²) >= 11 is 0. The maximum absolute atomic E-state index is 11.8. The number of carbonyl (C=O) groups excluding carboxylic acids is 1. The molecule has 21 heavy (non-hydrogen) atoms. The summed E-state index contributed by atoms with van der Waals surface area (Å²) in [7, 11) is 0. The van der Waals surface area contributed by atoms with E-state index in [1.165, 1.54) is 5.56 Å². The number of hydrogen-bond donors (Lipinski definition) is 2. The van der Waals surface area contributed by atoms with Gasteiger partial charge in [0.1, 0.15) is 5.75 Å². The number of hydrogen-bond acceptors (Lipinski definition) is 3. The zero-order valence-corrected chi connectivity index (χ0v) is 13.5. The van der Waals surface area contributed by atoms with Gasteiger partial charge in [-0.3, -0.25) is 4.79 Å². The van der Waals surface area contributed by atoms with Crippen LogP contribution in [0.3, 0.4) is 0 Å². The Labute approximate surface area is 127 Å². The van der Waals surface area contributed by atoms with E-state index in [-0.39, 0.29) is 18.6 Å². The number of nitrogens with one attached hydrogen (secondary N) is 1. The highest BCUT2D eigenvalue weighted by Crippen LogP contribution is 2.18. The fraction of sp³-hybridized carbons (Fsp3) is 0.588. The van der Waals surface area contributed by atoms with Crippen LogP contribution in [0.25, 0.3) is 0 Å². The Balaban J connectivity index is 2.36. The first kappa shape index (κ1) is 17.5. The molecule has 1 unspecified atom stereocenters. The fourth-order valence-electron chi connectivity index (χ4n) is 2.26. The quantitative estimate of drug-likeness (QED) is 0.774. The molecule has 1 atom stereocenters. The van der Waals surface area contributed by atoms with Crippen molar-refractivity contribution < 1.29 is 14.6 Å². The van der Waals surface area contributed by atoms with Crippen LogP contribution in [0.2, 0.25) is 0 Å². The summed E-state index contributed by atoms with van der Waals surface area (Å²) in [5.41, 5.74) is 2.26. The van der Waals surface area contributed by atoms with Gasteiger partial charge in [0.2, 0.25) is 5.91 Å². The van der Waals surface area contributed by atoms with Gasteiger partial charge in [-0.2, -0.15) is 0 Å². The third-order valence-corrected chi connectivity index (χ3v) is 3.26. The molecule has 0 aliphatic heterocycles. The van der Waals surface area contributed by atoms with E-state index < -0.39 is 0 Å². The van der Waals surface area contributed by atoms with Crippen molar-refractivity contribution in [3.05, 3.63) is 29.3 Å². The molecule has 2 N–H and O–H groups in total. The number of aliphatic hydroxyl groups is 1. The van der Waals surface area contributed by atoms with Crippen molar-refractivity contribution in [2.45, 2.75) is 46.6 Å². The summed E-state index contributed by atoms with van der Waals surface area (Å²) in [5.74, 6) is 1.17. The molecule has 0 fully saturated rings. The number of aryl methyl sites for hydroxylation is 2. The maximum atomic E-state index is 11.8. The molecule has 4 heteroatoms. The van der Waals surface area contributed by atoms with Crippen molar-refractivity contribution in [2.24, 2.45) is 5.92 Å². The molecule has 1 amide bonds. The van der Waals surface area contributed by atoms with Gasteiger partial charge in [-0.15, -0.1) is 0 Å². The van der Waals surface area contributed by atoms with Gasteiger partial charge in [-0.25, -0.2) is 0 Å². The van der Waals surface area contributed by atoms with Gasteiger partial charge in [0.25, 0.3) is 0 Å². The first-order chi connectivity index (χ1) is 9.92. The lowest BCUT2D eigenvalue weighted by atomic mass is 10.0. The molecule has 0 heterocycles. The molecule has 0 saturated carbocycles. The number of benzene rings is 1. The van der Waals surface area contributed by atoms with E-state index in [0.717, 1.165) is 17.7 Å². The zero-order chi connectivity index (χ0) is 15.8.